The first kappa shape index (κ1) is 18.9. The zero-order valence-electron chi connectivity index (χ0n) is 12.2. The van der Waals surface area contributed by atoms with Gasteiger partial charge in [-0.05, 0) is 12.0 Å². The van der Waals surface area contributed by atoms with E-state index >= 15 is 0 Å². The third-order valence-electron chi connectivity index (χ3n) is 3.27. The molecule has 0 radical (unpaired) electrons. The monoisotopic (exact) mass is 330 g/mol. The van der Waals surface area contributed by atoms with Crippen LogP contribution in [-0.2, 0) is 4.79 Å². The molecule has 0 fully saturated rings. The van der Waals surface area contributed by atoms with E-state index in [0.717, 1.165) is 6.07 Å². The average Bonchev–Trinajstić information content (AvgIpc) is 2.63. The summed E-state index contributed by atoms with van der Waals surface area (Å²) in [5, 5.41) is 22.1. The van der Waals surface area contributed by atoms with Crippen LogP contribution in [0, 0.1) is 16.0 Å². The normalized spacial score (nSPS) is 14.6. The third kappa shape index (κ3) is 2.99. The molecule has 1 aromatic rings. The maximum Gasteiger partial charge on any atom is 1.00 e. The van der Waals surface area contributed by atoms with Crippen LogP contribution in [0.5, 0.6) is 0 Å². The van der Waals surface area contributed by atoms with Gasteiger partial charge in [-0.1, -0.05) is 19.9 Å². The van der Waals surface area contributed by atoms with Gasteiger partial charge in [-0.15, -0.1) is 0 Å². The zero-order chi connectivity index (χ0) is 15.9. The molecule has 0 N–H and O–H groups in total. The molecule has 9 heteroatoms. The number of carbonyl (C=O) groups excluding carboxylic acids is 3. The molecule has 1 aromatic carbocycles. The number of fused-ring (bicyclic) bond motifs is 1. The molecule has 110 valence electrons. The molecule has 1 aliphatic rings. The van der Waals surface area contributed by atoms with Crippen molar-refractivity contribution < 1.29 is 75.8 Å². The number of imide groups is 1. The van der Waals surface area contributed by atoms with E-state index in [1.54, 1.807) is 0 Å². The molecule has 0 bridgehead atoms. The molecule has 1 unspecified atom stereocenters. The van der Waals surface area contributed by atoms with Crippen LogP contribution in [-0.4, -0.2) is 33.6 Å². The van der Waals surface area contributed by atoms with Crippen molar-refractivity contribution in [1.82, 2.24) is 4.90 Å². The minimum Gasteiger partial charge on any atom is -0.548 e. The zero-order valence-corrected chi connectivity index (χ0v) is 15.4. The summed E-state index contributed by atoms with van der Waals surface area (Å²) in [4.78, 5) is 46.4. The molecule has 8 nitrogen and oxygen atoms in total. The first-order valence-corrected chi connectivity index (χ1v) is 6.13. The first-order chi connectivity index (χ1) is 9.77. The topological polar surface area (TPSA) is 121 Å². The third-order valence-corrected chi connectivity index (χ3v) is 3.27. The van der Waals surface area contributed by atoms with Crippen LogP contribution in [0.15, 0.2) is 18.2 Å². The summed E-state index contributed by atoms with van der Waals surface area (Å²) in [5.41, 5.74) is -1.06. The molecular formula is C13H11KN2O6. The van der Waals surface area contributed by atoms with E-state index in [2.05, 4.69) is 0 Å². The molecule has 0 spiro atoms. The van der Waals surface area contributed by atoms with Crippen LogP contribution in [0.3, 0.4) is 0 Å². The molecule has 0 aromatic heterocycles. The van der Waals surface area contributed by atoms with Crippen molar-refractivity contribution in [1.29, 1.82) is 0 Å². The number of nitro benzene ring substituents is 1. The van der Waals surface area contributed by atoms with Gasteiger partial charge in [0.05, 0.1) is 22.5 Å². The van der Waals surface area contributed by atoms with Gasteiger partial charge in [-0.3, -0.25) is 24.6 Å². The number of carboxylic acids is 1. The van der Waals surface area contributed by atoms with Gasteiger partial charge in [-0.25, -0.2) is 0 Å². The molecule has 2 rings (SSSR count). The second-order valence-corrected chi connectivity index (χ2v) is 4.95. The average molecular weight is 330 g/mol. The molecule has 1 heterocycles. The number of carboxylic acid groups (broad SMARTS) is 1. The summed E-state index contributed by atoms with van der Waals surface area (Å²) in [6, 6.07) is 2.15. The number of aliphatic carboxylic acids is 1. The van der Waals surface area contributed by atoms with E-state index in [1.165, 1.54) is 26.0 Å². The van der Waals surface area contributed by atoms with Crippen LogP contribution in [0.4, 0.5) is 5.69 Å². The van der Waals surface area contributed by atoms with E-state index in [9.17, 15) is 29.6 Å². The van der Waals surface area contributed by atoms with Crippen LogP contribution >= 0.6 is 0 Å². The summed E-state index contributed by atoms with van der Waals surface area (Å²) < 4.78 is 0. The summed E-state index contributed by atoms with van der Waals surface area (Å²) in [7, 11) is 0. The Morgan fingerprint density at radius 2 is 1.82 bits per heavy atom. The number of hydrogen-bond donors (Lipinski definition) is 0. The minimum absolute atomic E-state index is 0. The fourth-order valence-corrected chi connectivity index (χ4v) is 2.37. The first-order valence-electron chi connectivity index (χ1n) is 6.13. The summed E-state index contributed by atoms with van der Waals surface area (Å²) in [5.74, 6) is -4.01. The van der Waals surface area contributed by atoms with Crippen LogP contribution in [0.2, 0.25) is 0 Å². The SMILES string of the molecule is CC(C)C(C(=O)[O-])N1C(=O)c2cccc([N+](=O)[O-])c2C1=O.[K+]. The van der Waals surface area contributed by atoms with Crippen molar-refractivity contribution in [2.45, 2.75) is 19.9 Å². The van der Waals surface area contributed by atoms with Gasteiger partial charge in [0.25, 0.3) is 17.5 Å². The Hall–Kier alpha value is -1.13. The summed E-state index contributed by atoms with van der Waals surface area (Å²) in [6.45, 7) is 3.02. The molecular weight excluding hydrogens is 319 g/mol. The maximum absolute atomic E-state index is 12.3. The smallest absolute Gasteiger partial charge is 0.548 e. The van der Waals surface area contributed by atoms with E-state index in [-0.39, 0.29) is 62.5 Å². The van der Waals surface area contributed by atoms with Crippen LogP contribution in [0.1, 0.15) is 34.6 Å². The van der Waals surface area contributed by atoms with E-state index in [4.69, 9.17) is 0 Å². The molecule has 1 aliphatic heterocycles. The Morgan fingerprint density at radius 3 is 2.27 bits per heavy atom. The predicted molar refractivity (Wildman–Crippen MR) is 67.2 cm³/mol. The van der Waals surface area contributed by atoms with Gasteiger partial charge in [0, 0.05) is 6.07 Å². The number of nitro groups is 1. The minimum atomic E-state index is -1.58. The molecule has 1 atom stereocenters. The van der Waals surface area contributed by atoms with E-state index in [0.29, 0.717) is 4.90 Å². The van der Waals surface area contributed by atoms with Crippen molar-refractivity contribution >= 4 is 23.5 Å². The van der Waals surface area contributed by atoms with Gasteiger partial charge in [0.15, 0.2) is 0 Å². The maximum atomic E-state index is 12.3. The van der Waals surface area contributed by atoms with Crippen molar-refractivity contribution in [3.8, 4) is 0 Å². The Labute approximate surface area is 168 Å². The second-order valence-electron chi connectivity index (χ2n) is 4.95. The number of benzene rings is 1. The molecule has 0 aliphatic carbocycles. The number of carbonyl (C=O) groups is 3. The fourth-order valence-electron chi connectivity index (χ4n) is 2.37. The Balaban J connectivity index is 0.00000242. The van der Waals surface area contributed by atoms with Gasteiger partial charge < -0.3 is 9.90 Å². The van der Waals surface area contributed by atoms with Crippen molar-refractivity contribution in [2.24, 2.45) is 5.92 Å². The van der Waals surface area contributed by atoms with Crippen LogP contribution < -0.4 is 56.5 Å². The van der Waals surface area contributed by atoms with Crippen molar-refractivity contribution in [3.05, 3.63) is 39.4 Å². The van der Waals surface area contributed by atoms with Crippen molar-refractivity contribution in [2.75, 3.05) is 0 Å². The number of amides is 2. The molecule has 22 heavy (non-hydrogen) atoms. The predicted octanol–water partition coefficient (Wildman–Crippen LogP) is -3.03. The number of hydrogen-bond acceptors (Lipinski definition) is 6. The van der Waals surface area contributed by atoms with Crippen molar-refractivity contribution in [3.63, 3.8) is 0 Å². The molecule has 0 saturated carbocycles. The second kappa shape index (κ2) is 6.96. The summed E-state index contributed by atoms with van der Waals surface area (Å²) >= 11 is 0. The fraction of sp³-hybridized carbons (Fsp3) is 0.308. The quantitative estimate of drug-likeness (QED) is 0.251. The summed E-state index contributed by atoms with van der Waals surface area (Å²) in [6.07, 6.45) is 0. The van der Waals surface area contributed by atoms with E-state index < -0.39 is 40.4 Å². The Bertz CT molecular complexity index is 672. The van der Waals surface area contributed by atoms with Gasteiger partial charge >= 0.3 is 51.4 Å². The number of rotatable bonds is 4. The Morgan fingerprint density at radius 1 is 1.23 bits per heavy atom. The van der Waals surface area contributed by atoms with E-state index in [1.807, 2.05) is 0 Å². The van der Waals surface area contributed by atoms with Crippen LogP contribution in [0.25, 0.3) is 0 Å². The largest absolute Gasteiger partial charge is 1.00 e. The van der Waals surface area contributed by atoms with Gasteiger partial charge in [-0.2, -0.15) is 0 Å². The number of nitrogens with zero attached hydrogens (tertiary/aromatic N) is 2. The van der Waals surface area contributed by atoms with Gasteiger partial charge in [0.1, 0.15) is 5.56 Å². The molecule has 0 saturated heterocycles. The van der Waals surface area contributed by atoms with Gasteiger partial charge in [0.2, 0.25) is 0 Å². The Kier molecular flexibility index (Phi) is 5.99. The standard InChI is InChI=1S/C13H12N2O6.K/c1-6(2)10(13(18)19)14-11(16)7-4-3-5-8(15(20)21)9(7)12(14)17;/h3-6,10H,1-2H3,(H,18,19);/q;+1/p-1. The molecule has 2 amide bonds.